The SMILES string of the molecule is Cc1ccc(C(=O)Nc2cc(CN3CCNC(C)C3)cc(C(F)(F)F)n2)cc1C#Cc1cnc(N=C(N)NC#N)cn1. The van der Waals surface area contributed by atoms with Gasteiger partial charge in [-0.2, -0.15) is 23.4 Å². The summed E-state index contributed by atoms with van der Waals surface area (Å²) in [5.41, 5.74) is 6.62. The van der Waals surface area contributed by atoms with Crippen molar-refractivity contribution in [3.63, 3.8) is 0 Å². The first-order chi connectivity index (χ1) is 20.0. The molecule has 0 saturated carbocycles. The molecule has 216 valence electrons. The average molecular weight is 577 g/mol. The van der Waals surface area contributed by atoms with Crippen molar-refractivity contribution in [2.75, 3.05) is 25.0 Å². The number of nitrogens with two attached hydrogens (primary N) is 1. The van der Waals surface area contributed by atoms with Crippen LogP contribution in [0.25, 0.3) is 0 Å². The van der Waals surface area contributed by atoms with Crippen LogP contribution in [0.2, 0.25) is 0 Å². The smallest absolute Gasteiger partial charge is 0.369 e. The number of nitriles is 1. The summed E-state index contributed by atoms with van der Waals surface area (Å²) in [5, 5.41) is 16.5. The second-order valence-corrected chi connectivity index (χ2v) is 9.56. The van der Waals surface area contributed by atoms with Crippen molar-refractivity contribution in [3.05, 3.63) is 76.4 Å². The summed E-state index contributed by atoms with van der Waals surface area (Å²) in [5.74, 6) is 5.00. The Morgan fingerprint density at radius 3 is 2.74 bits per heavy atom. The number of hydrogen-bond acceptors (Lipinski definition) is 8. The van der Waals surface area contributed by atoms with Crippen LogP contribution in [-0.4, -0.2) is 57.4 Å². The van der Waals surface area contributed by atoms with Gasteiger partial charge in [-0.3, -0.25) is 15.0 Å². The van der Waals surface area contributed by atoms with Gasteiger partial charge >= 0.3 is 6.18 Å². The summed E-state index contributed by atoms with van der Waals surface area (Å²) in [4.78, 5) is 30.8. The van der Waals surface area contributed by atoms with Gasteiger partial charge in [-0.1, -0.05) is 12.0 Å². The zero-order valence-corrected chi connectivity index (χ0v) is 22.8. The molecule has 1 fully saturated rings. The highest BCUT2D eigenvalue weighted by molar-refractivity contribution is 6.04. The van der Waals surface area contributed by atoms with Crippen LogP contribution in [0, 0.1) is 30.2 Å². The van der Waals surface area contributed by atoms with E-state index >= 15 is 0 Å². The fourth-order valence-corrected chi connectivity index (χ4v) is 4.17. The van der Waals surface area contributed by atoms with Crippen LogP contribution in [0.5, 0.6) is 0 Å². The van der Waals surface area contributed by atoms with Crippen LogP contribution < -0.4 is 21.7 Å². The first-order valence-corrected chi connectivity index (χ1v) is 12.8. The minimum Gasteiger partial charge on any atom is -0.369 e. The summed E-state index contributed by atoms with van der Waals surface area (Å²) in [6.07, 6.45) is -0.340. The van der Waals surface area contributed by atoms with Gasteiger partial charge in [0.25, 0.3) is 5.91 Å². The Hall–Kier alpha value is -5.05. The van der Waals surface area contributed by atoms with Gasteiger partial charge in [0.1, 0.15) is 17.2 Å². The number of aryl methyl sites for hydroxylation is 1. The third kappa shape index (κ3) is 8.23. The molecular formula is C28H27F3N10O. The van der Waals surface area contributed by atoms with Gasteiger partial charge in [0.2, 0.25) is 5.96 Å². The van der Waals surface area contributed by atoms with Crippen molar-refractivity contribution < 1.29 is 18.0 Å². The highest BCUT2D eigenvalue weighted by Gasteiger charge is 2.33. The van der Waals surface area contributed by atoms with Crippen LogP contribution >= 0.6 is 0 Å². The third-order valence-electron chi connectivity index (χ3n) is 6.16. The van der Waals surface area contributed by atoms with Gasteiger partial charge in [0.05, 0.1) is 12.4 Å². The predicted molar refractivity (Wildman–Crippen MR) is 149 cm³/mol. The van der Waals surface area contributed by atoms with E-state index in [1.165, 1.54) is 24.5 Å². The number of hydrogen-bond donors (Lipinski definition) is 4. The van der Waals surface area contributed by atoms with E-state index in [0.717, 1.165) is 18.2 Å². The van der Waals surface area contributed by atoms with Crippen LogP contribution in [0.3, 0.4) is 0 Å². The summed E-state index contributed by atoms with van der Waals surface area (Å²) in [6.45, 7) is 6.24. The molecular weight excluding hydrogens is 549 g/mol. The van der Waals surface area contributed by atoms with E-state index in [4.69, 9.17) is 11.0 Å². The highest BCUT2D eigenvalue weighted by atomic mass is 19.4. The maximum Gasteiger partial charge on any atom is 0.433 e. The highest BCUT2D eigenvalue weighted by Crippen LogP contribution is 2.30. The fourth-order valence-electron chi connectivity index (χ4n) is 4.17. The number of aliphatic imine (C=N–C) groups is 1. The number of nitrogens with zero attached hydrogens (tertiary/aromatic N) is 6. The Morgan fingerprint density at radius 2 is 2.05 bits per heavy atom. The van der Waals surface area contributed by atoms with Gasteiger partial charge < -0.3 is 16.4 Å². The van der Waals surface area contributed by atoms with E-state index < -0.39 is 17.8 Å². The van der Waals surface area contributed by atoms with Crippen molar-refractivity contribution in [2.24, 2.45) is 10.7 Å². The van der Waals surface area contributed by atoms with Gasteiger partial charge in [0.15, 0.2) is 12.0 Å². The van der Waals surface area contributed by atoms with Crippen molar-refractivity contribution in [3.8, 4) is 18.0 Å². The standard InChI is InChI=1S/C28H27F3N10O/c1-17-3-4-21(11-20(17)5-6-22-12-36-25(13-35-22)40-27(33)37-16-32)26(42)39-24-10-19(9-23(38-24)28(29,30)31)15-41-8-7-34-18(2)14-41/h3-4,9-13,18,34H,7-8,14-15H2,1-2H3,(H,38,39,42)(H3,33,36,37,40). The Bertz CT molecular complexity index is 1590. The second-order valence-electron chi connectivity index (χ2n) is 9.56. The molecule has 1 aromatic carbocycles. The van der Waals surface area contributed by atoms with E-state index in [-0.39, 0.29) is 29.2 Å². The molecule has 3 aromatic rings. The number of pyridine rings is 1. The van der Waals surface area contributed by atoms with E-state index in [1.807, 2.05) is 6.92 Å². The Morgan fingerprint density at radius 1 is 1.24 bits per heavy atom. The van der Waals surface area contributed by atoms with Gasteiger partial charge in [0, 0.05) is 43.3 Å². The number of halogens is 3. The number of guanidine groups is 1. The molecule has 4 rings (SSSR count). The first-order valence-electron chi connectivity index (χ1n) is 12.8. The lowest BCUT2D eigenvalue weighted by atomic mass is 10.0. The van der Waals surface area contributed by atoms with Crippen molar-refractivity contribution in [1.82, 2.24) is 30.5 Å². The monoisotopic (exact) mass is 576 g/mol. The minimum atomic E-state index is -4.67. The maximum atomic E-state index is 13.6. The zero-order valence-electron chi connectivity index (χ0n) is 22.8. The number of benzene rings is 1. The van der Waals surface area contributed by atoms with Gasteiger partial charge in [-0.05, 0) is 55.2 Å². The summed E-state index contributed by atoms with van der Waals surface area (Å²) < 4.78 is 40.9. The average Bonchev–Trinajstić information content (AvgIpc) is 2.93. The number of carbonyl (C=O) groups excluding carboxylic acids is 1. The number of piperazine rings is 1. The molecule has 5 N–H and O–H groups in total. The third-order valence-corrected chi connectivity index (χ3v) is 6.16. The predicted octanol–water partition coefficient (Wildman–Crippen LogP) is 2.66. The molecule has 14 heteroatoms. The fraction of sp³-hybridized carbons (Fsp3) is 0.286. The normalized spacial score (nSPS) is 15.7. The molecule has 0 aliphatic carbocycles. The molecule has 1 unspecified atom stereocenters. The number of amides is 1. The number of carbonyl (C=O) groups is 1. The van der Waals surface area contributed by atoms with Crippen molar-refractivity contribution >= 4 is 23.5 Å². The Kier molecular flexibility index (Phi) is 9.32. The number of anilines is 1. The Labute approximate surface area is 240 Å². The topological polar surface area (TPSA) is 157 Å². The molecule has 0 radical (unpaired) electrons. The lowest BCUT2D eigenvalue weighted by Gasteiger charge is -2.32. The first kappa shape index (κ1) is 29.9. The molecule has 2 aromatic heterocycles. The van der Waals surface area contributed by atoms with E-state index in [0.29, 0.717) is 36.5 Å². The minimum absolute atomic E-state index is 0.137. The molecule has 1 saturated heterocycles. The number of aromatic nitrogens is 3. The summed E-state index contributed by atoms with van der Waals surface area (Å²) >= 11 is 0. The van der Waals surface area contributed by atoms with E-state index in [1.54, 1.807) is 25.2 Å². The van der Waals surface area contributed by atoms with Gasteiger partial charge in [-0.25, -0.2) is 15.0 Å². The van der Waals surface area contributed by atoms with Crippen LogP contribution in [-0.2, 0) is 12.7 Å². The molecule has 1 atom stereocenters. The lowest BCUT2D eigenvalue weighted by Crippen LogP contribution is -2.48. The molecule has 42 heavy (non-hydrogen) atoms. The number of rotatable bonds is 5. The molecule has 3 heterocycles. The Balaban J connectivity index is 1.52. The summed E-state index contributed by atoms with van der Waals surface area (Å²) in [7, 11) is 0. The van der Waals surface area contributed by atoms with Crippen LogP contribution in [0.4, 0.5) is 24.8 Å². The van der Waals surface area contributed by atoms with Crippen molar-refractivity contribution in [1.29, 1.82) is 5.26 Å². The molecule has 1 amide bonds. The molecule has 0 bridgehead atoms. The van der Waals surface area contributed by atoms with E-state index in [2.05, 4.69) is 52.6 Å². The van der Waals surface area contributed by atoms with Gasteiger partial charge in [-0.15, -0.1) is 0 Å². The lowest BCUT2D eigenvalue weighted by molar-refractivity contribution is -0.141. The summed E-state index contributed by atoms with van der Waals surface area (Å²) in [6, 6.07) is 7.47. The molecule has 11 nitrogen and oxygen atoms in total. The number of nitrogens with one attached hydrogen (secondary N) is 3. The molecule has 1 aliphatic rings. The van der Waals surface area contributed by atoms with Crippen LogP contribution in [0.15, 0.2) is 47.7 Å². The van der Waals surface area contributed by atoms with Crippen LogP contribution in [0.1, 0.15) is 45.4 Å². The van der Waals surface area contributed by atoms with Crippen molar-refractivity contribution in [2.45, 2.75) is 32.6 Å². The molecule has 0 spiro atoms. The second kappa shape index (κ2) is 13.1. The number of alkyl halides is 3. The molecule has 1 aliphatic heterocycles. The van der Waals surface area contributed by atoms with E-state index in [9.17, 15) is 18.0 Å². The maximum absolute atomic E-state index is 13.6. The largest absolute Gasteiger partial charge is 0.433 e. The zero-order chi connectivity index (χ0) is 30.3. The quantitative estimate of drug-likeness (QED) is 0.118.